The monoisotopic (exact) mass is 487 g/mol. The lowest BCUT2D eigenvalue weighted by molar-refractivity contribution is -0.132. The number of amidine groups is 1. The van der Waals surface area contributed by atoms with Crippen molar-refractivity contribution < 1.29 is 14.0 Å². The van der Waals surface area contributed by atoms with E-state index in [9.17, 15) is 9.59 Å². The van der Waals surface area contributed by atoms with Crippen LogP contribution in [0.3, 0.4) is 0 Å². The first-order chi connectivity index (χ1) is 17.0. The van der Waals surface area contributed by atoms with Crippen molar-refractivity contribution in [2.24, 2.45) is 4.99 Å². The fraction of sp³-hybridized carbons (Fsp3) is 0.321. The van der Waals surface area contributed by atoms with E-state index in [2.05, 4.69) is 19.9 Å². The van der Waals surface area contributed by atoms with E-state index in [1.165, 1.54) is 6.26 Å². The molecular weight excluding hydrogens is 458 g/mol. The van der Waals surface area contributed by atoms with Gasteiger partial charge in [0, 0.05) is 25.3 Å². The molecule has 2 aromatic carbocycles. The molecule has 0 bridgehead atoms. The molecule has 7 heteroatoms. The normalized spacial score (nSPS) is 19.2. The Morgan fingerprint density at radius 1 is 1.03 bits per heavy atom. The third kappa shape index (κ3) is 4.78. The molecule has 1 atom stereocenters. The van der Waals surface area contributed by atoms with Crippen molar-refractivity contribution in [3.8, 4) is 0 Å². The smallest absolute Gasteiger partial charge is 0.290 e. The number of hydrogen-bond acceptors (Lipinski definition) is 5. The topological polar surface area (TPSA) is 66.1 Å². The Balaban J connectivity index is 1.50. The molecule has 2 aliphatic rings. The summed E-state index contributed by atoms with van der Waals surface area (Å²) in [6.45, 7) is 5.26. The van der Waals surface area contributed by atoms with E-state index in [1.54, 1.807) is 33.7 Å². The highest BCUT2D eigenvalue weighted by atomic mass is 32.2. The number of hydrogen-bond donors (Lipinski definition) is 0. The highest BCUT2D eigenvalue weighted by molar-refractivity contribution is 8.13. The van der Waals surface area contributed by atoms with Gasteiger partial charge in [-0.3, -0.25) is 14.5 Å². The number of furan rings is 1. The van der Waals surface area contributed by atoms with Gasteiger partial charge in [0.25, 0.3) is 11.8 Å². The van der Waals surface area contributed by atoms with Crippen molar-refractivity contribution in [1.82, 2.24) is 9.80 Å². The summed E-state index contributed by atoms with van der Waals surface area (Å²) in [5.74, 6) is 1.12. The van der Waals surface area contributed by atoms with Gasteiger partial charge in [0.05, 0.1) is 12.0 Å². The summed E-state index contributed by atoms with van der Waals surface area (Å²) < 4.78 is 5.40. The van der Waals surface area contributed by atoms with Crippen LogP contribution in [0.25, 0.3) is 0 Å². The Kier molecular flexibility index (Phi) is 6.77. The van der Waals surface area contributed by atoms with Gasteiger partial charge < -0.3 is 9.32 Å². The van der Waals surface area contributed by atoms with Gasteiger partial charge >= 0.3 is 0 Å². The SMILES string of the molecule is CC(C)c1ccccc1N=C1SCCCN1C(=O)C1Cc2ccccc2CN1C(=O)c1ccco1. The molecule has 6 nitrogen and oxygen atoms in total. The third-order valence-electron chi connectivity index (χ3n) is 6.56. The highest BCUT2D eigenvalue weighted by Crippen LogP contribution is 2.32. The summed E-state index contributed by atoms with van der Waals surface area (Å²) >= 11 is 1.61. The number of fused-ring (bicyclic) bond motifs is 1. The molecule has 3 aromatic rings. The number of aliphatic imine (C=N–C) groups is 1. The second-order valence-corrected chi connectivity index (χ2v) is 10.3. The number of para-hydroxylation sites is 1. The highest BCUT2D eigenvalue weighted by Gasteiger charge is 2.39. The standard InChI is InChI=1S/C28H29N3O3S/c1-19(2)22-11-5-6-12-23(22)29-28-30(14-8-16-35-28)26(32)24-17-20-9-3-4-10-21(20)18-31(24)27(33)25-13-7-15-34-25/h3-7,9-13,15,19,24H,8,14,16-18H2,1-2H3. The second-order valence-electron chi connectivity index (χ2n) is 9.20. The summed E-state index contributed by atoms with van der Waals surface area (Å²) in [7, 11) is 0. The molecule has 35 heavy (non-hydrogen) atoms. The van der Waals surface area contributed by atoms with E-state index in [1.807, 2.05) is 42.5 Å². The predicted octanol–water partition coefficient (Wildman–Crippen LogP) is 5.62. The van der Waals surface area contributed by atoms with Crippen molar-refractivity contribution in [2.75, 3.05) is 12.3 Å². The molecule has 1 aromatic heterocycles. The molecule has 2 aliphatic heterocycles. The minimum absolute atomic E-state index is 0.0904. The maximum atomic E-state index is 14.1. The van der Waals surface area contributed by atoms with Crippen LogP contribution >= 0.6 is 11.8 Å². The Morgan fingerprint density at radius 2 is 1.80 bits per heavy atom. The average molecular weight is 488 g/mol. The molecule has 1 fully saturated rings. The first-order valence-corrected chi connectivity index (χ1v) is 13.0. The summed E-state index contributed by atoms with van der Waals surface area (Å²) in [5.41, 5.74) is 4.20. The number of nitrogens with zero attached hydrogens (tertiary/aromatic N) is 3. The van der Waals surface area contributed by atoms with Gasteiger partial charge in [-0.2, -0.15) is 0 Å². The van der Waals surface area contributed by atoms with Crippen molar-refractivity contribution in [2.45, 2.75) is 45.2 Å². The van der Waals surface area contributed by atoms with Gasteiger partial charge in [-0.25, -0.2) is 4.99 Å². The van der Waals surface area contributed by atoms with Crippen molar-refractivity contribution in [3.05, 3.63) is 89.4 Å². The quantitative estimate of drug-likeness (QED) is 0.479. The van der Waals surface area contributed by atoms with Crippen LogP contribution in [0.4, 0.5) is 5.69 Å². The lowest BCUT2D eigenvalue weighted by Gasteiger charge is -2.39. The zero-order valence-electron chi connectivity index (χ0n) is 20.0. The third-order valence-corrected chi connectivity index (χ3v) is 7.62. The number of thioether (sulfide) groups is 1. The molecule has 2 amide bonds. The number of carbonyl (C=O) groups is 2. The van der Waals surface area contributed by atoms with Crippen molar-refractivity contribution >= 4 is 34.4 Å². The van der Waals surface area contributed by atoms with Gasteiger partial charge in [0.1, 0.15) is 6.04 Å². The molecule has 180 valence electrons. The van der Waals surface area contributed by atoms with Crippen LogP contribution in [0.2, 0.25) is 0 Å². The van der Waals surface area contributed by atoms with E-state index in [-0.39, 0.29) is 17.6 Å². The van der Waals surface area contributed by atoms with Crippen LogP contribution < -0.4 is 0 Å². The van der Waals surface area contributed by atoms with E-state index in [4.69, 9.17) is 9.41 Å². The Hall–Kier alpha value is -3.32. The lowest BCUT2D eigenvalue weighted by atomic mass is 9.93. The van der Waals surface area contributed by atoms with E-state index in [0.717, 1.165) is 34.6 Å². The van der Waals surface area contributed by atoms with Gasteiger partial charge in [-0.1, -0.05) is 68.1 Å². The molecule has 0 saturated carbocycles. The molecule has 0 N–H and O–H groups in total. The molecular formula is C28H29N3O3S. The summed E-state index contributed by atoms with van der Waals surface area (Å²) in [4.78, 5) is 35.9. The van der Waals surface area contributed by atoms with Crippen LogP contribution in [-0.4, -0.2) is 45.1 Å². The zero-order chi connectivity index (χ0) is 24.4. The minimum atomic E-state index is -0.619. The van der Waals surface area contributed by atoms with Crippen molar-refractivity contribution in [1.29, 1.82) is 0 Å². The van der Waals surface area contributed by atoms with Crippen LogP contribution in [0, 0.1) is 0 Å². The fourth-order valence-electron chi connectivity index (χ4n) is 4.72. The predicted molar refractivity (Wildman–Crippen MR) is 139 cm³/mol. The summed E-state index contributed by atoms with van der Waals surface area (Å²) in [5, 5.41) is 0.707. The van der Waals surface area contributed by atoms with Gasteiger partial charge in [0.2, 0.25) is 0 Å². The molecule has 1 saturated heterocycles. The van der Waals surface area contributed by atoms with Crippen molar-refractivity contribution in [3.63, 3.8) is 0 Å². The first kappa shape index (κ1) is 23.4. The lowest BCUT2D eigenvalue weighted by Crippen LogP contribution is -2.55. The number of rotatable bonds is 4. The van der Waals surface area contributed by atoms with E-state index < -0.39 is 6.04 Å². The minimum Gasteiger partial charge on any atom is -0.459 e. The number of benzene rings is 2. The molecule has 0 spiro atoms. The van der Waals surface area contributed by atoms with Crippen LogP contribution in [0.15, 0.2) is 76.3 Å². The van der Waals surface area contributed by atoms with Gasteiger partial charge in [-0.15, -0.1) is 0 Å². The second kappa shape index (κ2) is 10.1. The molecule has 3 heterocycles. The zero-order valence-corrected chi connectivity index (χ0v) is 20.8. The molecule has 0 radical (unpaired) electrons. The van der Waals surface area contributed by atoms with Crippen LogP contribution in [-0.2, 0) is 17.8 Å². The number of carbonyl (C=O) groups excluding carboxylic acids is 2. The first-order valence-electron chi connectivity index (χ1n) is 12.1. The average Bonchev–Trinajstić information content (AvgIpc) is 3.43. The van der Waals surface area contributed by atoms with Crippen LogP contribution in [0.1, 0.15) is 53.4 Å². The van der Waals surface area contributed by atoms with E-state index in [0.29, 0.717) is 30.6 Å². The Bertz CT molecular complexity index is 1250. The Labute approximate surface area is 210 Å². The molecule has 0 aliphatic carbocycles. The maximum Gasteiger partial charge on any atom is 0.290 e. The van der Waals surface area contributed by atoms with Gasteiger partial charge in [0.15, 0.2) is 10.9 Å². The number of amides is 2. The molecule has 5 rings (SSSR count). The largest absolute Gasteiger partial charge is 0.459 e. The van der Waals surface area contributed by atoms with Crippen LogP contribution in [0.5, 0.6) is 0 Å². The van der Waals surface area contributed by atoms with E-state index >= 15 is 0 Å². The fourth-order valence-corrected chi connectivity index (χ4v) is 5.67. The maximum absolute atomic E-state index is 14.1. The van der Waals surface area contributed by atoms with Gasteiger partial charge in [-0.05, 0) is 47.2 Å². The summed E-state index contributed by atoms with van der Waals surface area (Å²) in [6.07, 6.45) is 2.84. The molecule has 1 unspecified atom stereocenters. The Morgan fingerprint density at radius 3 is 2.57 bits per heavy atom. The summed E-state index contributed by atoms with van der Waals surface area (Å²) in [6, 6.07) is 18.8.